The molecule has 0 saturated carbocycles. The average Bonchev–Trinajstić information content (AvgIpc) is 2.94. The first-order valence-corrected chi connectivity index (χ1v) is 22.8. The van der Waals surface area contributed by atoms with Crippen molar-refractivity contribution in [1.82, 2.24) is 0 Å². The summed E-state index contributed by atoms with van der Waals surface area (Å²) < 4.78 is 0. The van der Waals surface area contributed by atoms with Gasteiger partial charge in [0.15, 0.2) is 0 Å². The van der Waals surface area contributed by atoms with Crippen molar-refractivity contribution in [2.24, 2.45) is 0 Å². The fourth-order valence-electron chi connectivity index (χ4n) is 6.53. The molecular formula is C37H70BrP. The Hall–Kier alpha value is 0.130. The van der Waals surface area contributed by atoms with Gasteiger partial charge in [-0.05, 0) is 0 Å². The molecule has 0 unspecified atom stereocenters. The van der Waals surface area contributed by atoms with Gasteiger partial charge in [-0.1, -0.05) is 0 Å². The van der Waals surface area contributed by atoms with Gasteiger partial charge in [0, 0.05) is 0 Å². The topological polar surface area (TPSA) is 0 Å². The van der Waals surface area contributed by atoms with Crippen LogP contribution in [0, 0.1) is 0 Å². The summed E-state index contributed by atoms with van der Waals surface area (Å²) in [6.07, 6.45) is 40.1. The van der Waals surface area contributed by atoms with Gasteiger partial charge in [0.05, 0.1) is 0 Å². The predicted octanol–water partition coefficient (Wildman–Crippen LogP) is 14.5. The van der Waals surface area contributed by atoms with Gasteiger partial charge in [0.25, 0.3) is 0 Å². The van der Waals surface area contributed by atoms with E-state index < -0.39 is 5.31 Å². The van der Waals surface area contributed by atoms with E-state index in [1.807, 2.05) is 0 Å². The van der Waals surface area contributed by atoms with E-state index in [9.17, 15) is 0 Å². The molecule has 0 atom stereocenters. The average molecular weight is 626 g/mol. The fraction of sp³-hybridized carbons (Fsp3) is 0.838. The Kier molecular flexibility index (Phi) is 23.5. The van der Waals surface area contributed by atoms with Crippen molar-refractivity contribution in [3.63, 3.8) is 0 Å². The molecule has 1 aromatic rings. The monoisotopic (exact) mass is 624 g/mol. The molecule has 0 heterocycles. The summed E-state index contributed by atoms with van der Waals surface area (Å²) in [6.45, 7) is 6.97. The SMILES string of the molecule is CCCCCCCCCCP(Br)(CCCCCCCCCC)(CCCCCCCCCC)Cc1ccccc1. The molecule has 1 aromatic carbocycles. The van der Waals surface area contributed by atoms with Crippen LogP contribution in [-0.2, 0) is 6.16 Å². The summed E-state index contributed by atoms with van der Waals surface area (Å²) in [5.74, 6) is 0. The van der Waals surface area contributed by atoms with E-state index >= 15 is 0 Å². The maximum atomic E-state index is 4.77. The van der Waals surface area contributed by atoms with Crippen LogP contribution < -0.4 is 0 Å². The van der Waals surface area contributed by atoms with Crippen LogP contribution >= 0.6 is 20.8 Å². The Bertz CT molecular complexity index is 589. The number of rotatable bonds is 29. The Morgan fingerprint density at radius 2 is 0.692 bits per heavy atom. The molecule has 0 radical (unpaired) electrons. The van der Waals surface area contributed by atoms with Gasteiger partial charge in [-0.25, -0.2) is 0 Å². The van der Waals surface area contributed by atoms with Crippen LogP contribution in [0.3, 0.4) is 0 Å². The molecule has 0 spiro atoms. The Balaban J connectivity index is 2.75. The van der Waals surface area contributed by atoms with Crippen LogP contribution in [-0.4, -0.2) is 18.5 Å². The van der Waals surface area contributed by atoms with E-state index in [0.29, 0.717) is 0 Å². The van der Waals surface area contributed by atoms with Gasteiger partial charge in [0.1, 0.15) is 0 Å². The molecule has 0 aliphatic heterocycles. The van der Waals surface area contributed by atoms with Crippen molar-refractivity contribution in [1.29, 1.82) is 0 Å². The molecule has 0 aromatic heterocycles. The van der Waals surface area contributed by atoms with Crippen molar-refractivity contribution in [3.8, 4) is 0 Å². The zero-order valence-corrected chi connectivity index (χ0v) is 29.5. The summed E-state index contributed by atoms with van der Waals surface area (Å²) in [7, 11) is 0. The van der Waals surface area contributed by atoms with Gasteiger partial charge in [-0.2, -0.15) is 0 Å². The maximum absolute atomic E-state index is 4.77. The molecule has 0 amide bonds. The third kappa shape index (κ3) is 19.8. The zero-order valence-electron chi connectivity index (χ0n) is 27.0. The summed E-state index contributed by atoms with van der Waals surface area (Å²) in [5.41, 5.74) is 1.59. The minimum atomic E-state index is -1.97. The molecular weight excluding hydrogens is 555 g/mol. The van der Waals surface area contributed by atoms with Crippen molar-refractivity contribution in [3.05, 3.63) is 35.9 Å². The first-order chi connectivity index (χ1) is 19.1. The van der Waals surface area contributed by atoms with E-state index in [2.05, 4.69) is 51.1 Å². The van der Waals surface area contributed by atoms with Crippen LogP contribution in [0.5, 0.6) is 0 Å². The van der Waals surface area contributed by atoms with E-state index in [0.717, 1.165) is 0 Å². The molecule has 39 heavy (non-hydrogen) atoms. The summed E-state index contributed by atoms with van der Waals surface area (Å²) in [4.78, 5) is 0. The molecule has 0 aliphatic rings. The van der Waals surface area contributed by atoms with Crippen LogP contribution in [0.1, 0.15) is 180 Å². The van der Waals surface area contributed by atoms with Crippen LogP contribution in [0.2, 0.25) is 0 Å². The number of hydrogen-bond donors (Lipinski definition) is 0. The Morgan fingerprint density at radius 1 is 0.410 bits per heavy atom. The summed E-state index contributed by atoms with van der Waals surface area (Å²) in [5, 5.41) is -1.97. The summed E-state index contributed by atoms with van der Waals surface area (Å²) >= 11 is 4.77. The zero-order chi connectivity index (χ0) is 28.4. The Morgan fingerprint density at radius 3 is 1.00 bits per heavy atom. The normalized spacial score (nSPS) is 13.0. The van der Waals surface area contributed by atoms with Gasteiger partial charge < -0.3 is 0 Å². The first-order valence-electron chi connectivity index (χ1n) is 17.8. The third-order valence-corrected chi connectivity index (χ3v) is 18.5. The number of hydrogen-bond acceptors (Lipinski definition) is 0. The quantitative estimate of drug-likeness (QED) is 0.0614. The number of unbranched alkanes of at least 4 members (excludes halogenated alkanes) is 21. The second-order valence-electron chi connectivity index (χ2n) is 13.1. The molecule has 2 heteroatoms. The van der Waals surface area contributed by atoms with Crippen molar-refractivity contribution in [2.45, 2.75) is 181 Å². The molecule has 0 aliphatic carbocycles. The van der Waals surface area contributed by atoms with Crippen molar-refractivity contribution in [2.75, 3.05) is 18.5 Å². The van der Waals surface area contributed by atoms with Crippen molar-refractivity contribution < 1.29 is 0 Å². The molecule has 230 valence electrons. The van der Waals surface area contributed by atoms with Crippen LogP contribution in [0.25, 0.3) is 0 Å². The molecule has 1 rings (SSSR count). The van der Waals surface area contributed by atoms with Gasteiger partial charge >= 0.3 is 256 Å². The van der Waals surface area contributed by atoms with E-state index in [1.54, 1.807) is 5.56 Å². The second kappa shape index (κ2) is 24.7. The predicted molar refractivity (Wildman–Crippen MR) is 188 cm³/mol. The standard InChI is InChI=1S/C37H70BrP/c1-4-7-10-13-16-19-22-28-33-39(38,36-37-31-26-25-27-32-37,34-29-23-20-17-14-11-8-5-2)35-30-24-21-18-15-12-9-6-3/h25-27,31-32H,4-24,28-30,33-36H2,1-3H3. The third-order valence-electron chi connectivity index (χ3n) is 9.13. The summed E-state index contributed by atoms with van der Waals surface area (Å²) in [6, 6.07) is 11.6. The van der Waals surface area contributed by atoms with Gasteiger partial charge in [0.2, 0.25) is 0 Å². The van der Waals surface area contributed by atoms with E-state index in [-0.39, 0.29) is 0 Å². The van der Waals surface area contributed by atoms with Gasteiger partial charge in [-0.15, -0.1) is 0 Å². The van der Waals surface area contributed by atoms with Gasteiger partial charge in [-0.3, -0.25) is 0 Å². The molecule has 0 bridgehead atoms. The second-order valence-corrected chi connectivity index (χ2v) is 24.4. The molecule has 0 fully saturated rings. The minimum absolute atomic E-state index is 1.33. The van der Waals surface area contributed by atoms with Crippen molar-refractivity contribution >= 4 is 20.8 Å². The molecule has 0 N–H and O–H groups in total. The Labute approximate surface area is 255 Å². The molecule has 0 saturated heterocycles. The fourth-order valence-corrected chi connectivity index (χ4v) is 15.0. The van der Waals surface area contributed by atoms with Crippen LogP contribution in [0.15, 0.2) is 30.3 Å². The van der Waals surface area contributed by atoms with Crippen LogP contribution in [0.4, 0.5) is 0 Å². The molecule has 0 nitrogen and oxygen atoms in total. The first kappa shape index (κ1) is 37.2. The van der Waals surface area contributed by atoms with E-state index in [4.69, 9.17) is 15.5 Å². The number of halogens is 1. The number of benzene rings is 1. The van der Waals surface area contributed by atoms with E-state index in [1.165, 1.54) is 179 Å².